The Morgan fingerprint density at radius 1 is 0.703 bits per heavy atom. The van der Waals surface area contributed by atoms with E-state index in [1.807, 2.05) is 0 Å². The number of hydrogen-bond acceptors (Lipinski definition) is 3. The third-order valence-electron chi connectivity index (χ3n) is 7.57. The Balaban J connectivity index is 1.18. The predicted octanol–water partition coefficient (Wildman–Crippen LogP) is 6.63. The zero-order valence-corrected chi connectivity index (χ0v) is 21.5. The maximum Gasteiger partial charge on any atom is 0.141 e. The largest absolute Gasteiger partial charge is 0.324 e. The van der Waals surface area contributed by atoms with Crippen LogP contribution in [0.4, 0.5) is 0 Å². The zero-order valence-electron chi connectivity index (χ0n) is 21.5. The Morgan fingerprint density at radius 2 is 1.30 bits per heavy atom. The molecule has 0 unspecified atom stereocenters. The lowest BCUT2D eigenvalue weighted by Crippen LogP contribution is -2.47. The van der Waals surface area contributed by atoms with Crippen LogP contribution in [0.1, 0.15) is 29.7 Å². The van der Waals surface area contributed by atoms with E-state index in [4.69, 9.17) is 4.98 Å². The molecule has 0 atom stereocenters. The van der Waals surface area contributed by atoms with E-state index in [0.29, 0.717) is 6.04 Å². The fourth-order valence-corrected chi connectivity index (χ4v) is 5.72. The molecule has 4 heteroatoms. The van der Waals surface area contributed by atoms with Crippen molar-refractivity contribution in [2.45, 2.75) is 26.1 Å². The minimum atomic E-state index is 0.301. The number of aryl methyl sites for hydroxylation is 1. The Labute approximate surface area is 219 Å². The van der Waals surface area contributed by atoms with E-state index in [1.165, 1.54) is 27.8 Å². The van der Waals surface area contributed by atoms with Crippen LogP contribution in [0, 0.1) is 0 Å². The van der Waals surface area contributed by atoms with Crippen LogP contribution in [-0.4, -0.2) is 45.5 Å². The van der Waals surface area contributed by atoms with Gasteiger partial charge in [0.05, 0.1) is 17.1 Å². The van der Waals surface area contributed by atoms with Gasteiger partial charge in [-0.15, -0.1) is 0 Å². The fraction of sp³-hybridized carbons (Fsp3) is 0.242. The number of hydrogen-bond donors (Lipinski definition) is 0. The number of piperazine rings is 1. The maximum atomic E-state index is 5.05. The topological polar surface area (TPSA) is 24.3 Å². The SMILES string of the molecule is CCn1c(-c2ccccc2)nc2cc(CN3CCN(C(c4ccccc4)c4ccccc4)CC3)ccc21. The summed E-state index contributed by atoms with van der Waals surface area (Å²) in [5, 5.41) is 0. The van der Waals surface area contributed by atoms with Crippen molar-refractivity contribution >= 4 is 11.0 Å². The van der Waals surface area contributed by atoms with Crippen molar-refractivity contribution in [3.63, 3.8) is 0 Å². The van der Waals surface area contributed by atoms with Crippen LogP contribution < -0.4 is 0 Å². The van der Waals surface area contributed by atoms with Crippen LogP contribution in [0.2, 0.25) is 0 Å². The van der Waals surface area contributed by atoms with E-state index >= 15 is 0 Å². The van der Waals surface area contributed by atoms with E-state index in [-0.39, 0.29) is 0 Å². The first-order chi connectivity index (χ1) is 18.3. The molecule has 1 saturated heterocycles. The number of imidazole rings is 1. The van der Waals surface area contributed by atoms with Crippen molar-refractivity contribution in [1.29, 1.82) is 0 Å². The summed E-state index contributed by atoms with van der Waals surface area (Å²) in [4.78, 5) is 10.3. The average Bonchev–Trinajstić information content (AvgIpc) is 3.34. The number of benzene rings is 4. The lowest BCUT2D eigenvalue weighted by molar-refractivity contribution is 0.105. The van der Waals surface area contributed by atoms with Crippen LogP contribution >= 0.6 is 0 Å². The van der Waals surface area contributed by atoms with Gasteiger partial charge in [0.2, 0.25) is 0 Å². The molecule has 4 nitrogen and oxygen atoms in total. The number of rotatable bonds is 7. The van der Waals surface area contributed by atoms with E-state index in [0.717, 1.165) is 50.6 Å². The van der Waals surface area contributed by atoms with Gasteiger partial charge in [-0.3, -0.25) is 9.80 Å². The molecule has 2 heterocycles. The van der Waals surface area contributed by atoms with E-state index < -0.39 is 0 Å². The standard InChI is InChI=1S/C33H34N4/c1-2-37-31-19-18-26(24-30(31)34-33(37)29-16-10-5-11-17-29)25-35-20-22-36(23-21-35)32(27-12-6-3-7-13-27)28-14-8-4-9-15-28/h3-19,24,32H,2,20-23,25H2,1H3. The molecule has 0 spiro atoms. The highest BCUT2D eigenvalue weighted by Crippen LogP contribution is 2.30. The van der Waals surface area contributed by atoms with Gasteiger partial charge in [0.25, 0.3) is 0 Å². The van der Waals surface area contributed by atoms with Crippen molar-refractivity contribution < 1.29 is 0 Å². The number of fused-ring (bicyclic) bond motifs is 1. The van der Waals surface area contributed by atoms with Crippen LogP contribution in [-0.2, 0) is 13.1 Å². The minimum absolute atomic E-state index is 0.301. The smallest absolute Gasteiger partial charge is 0.141 e. The molecule has 4 aromatic carbocycles. The second-order valence-corrected chi connectivity index (χ2v) is 9.90. The van der Waals surface area contributed by atoms with Gasteiger partial charge < -0.3 is 4.57 Å². The molecular formula is C33H34N4. The van der Waals surface area contributed by atoms with E-state index in [1.54, 1.807) is 0 Å². The first-order valence-electron chi connectivity index (χ1n) is 13.4. The highest BCUT2D eigenvalue weighted by Gasteiger charge is 2.26. The van der Waals surface area contributed by atoms with Crippen LogP contribution in [0.5, 0.6) is 0 Å². The molecule has 1 fully saturated rings. The van der Waals surface area contributed by atoms with Gasteiger partial charge in [-0.1, -0.05) is 97.1 Å². The zero-order chi connectivity index (χ0) is 25.0. The summed E-state index contributed by atoms with van der Waals surface area (Å²) in [5.41, 5.74) is 7.55. The molecule has 5 aromatic rings. The molecule has 0 aliphatic carbocycles. The molecule has 0 N–H and O–H groups in total. The molecule has 0 bridgehead atoms. The van der Waals surface area contributed by atoms with Crippen molar-refractivity contribution in [3.8, 4) is 11.4 Å². The van der Waals surface area contributed by atoms with E-state index in [9.17, 15) is 0 Å². The van der Waals surface area contributed by atoms with Gasteiger partial charge in [0.1, 0.15) is 5.82 Å². The lowest BCUT2D eigenvalue weighted by atomic mass is 9.96. The van der Waals surface area contributed by atoms with Crippen LogP contribution in [0.15, 0.2) is 109 Å². The molecule has 1 aromatic heterocycles. The van der Waals surface area contributed by atoms with Crippen molar-refractivity contribution in [2.24, 2.45) is 0 Å². The van der Waals surface area contributed by atoms with Gasteiger partial charge in [-0.25, -0.2) is 4.98 Å². The summed E-state index contributed by atoms with van der Waals surface area (Å²) < 4.78 is 2.32. The number of nitrogens with zero attached hydrogens (tertiary/aromatic N) is 4. The molecule has 0 amide bonds. The first-order valence-corrected chi connectivity index (χ1v) is 13.4. The third-order valence-corrected chi connectivity index (χ3v) is 7.57. The molecule has 6 rings (SSSR count). The van der Waals surface area contributed by atoms with Gasteiger partial charge in [-0.05, 0) is 35.7 Å². The minimum Gasteiger partial charge on any atom is -0.324 e. The Bertz CT molecular complexity index is 1400. The molecular weight excluding hydrogens is 452 g/mol. The van der Waals surface area contributed by atoms with Crippen molar-refractivity contribution in [2.75, 3.05) is 26.2 Å². The molecule has 186 valence electrons. The fourth-order valence-electron chi connectivity index (χ4n) is 5.72. The average molecular weight is 487 g/mol. The molecule has 0 saturated carbocycles. The predicted molar refractivity (Wildman–Crippen MR) is 152 cm³/mol. The highest BCUT2D eigenvalue weighted by molar-refractivity contribution is 5.81. The van der Waals surface area contributed by atoms with Crippen molar-refractivity contribution in [1.82, 2.24) is 19.4 Å². The summed E-state index contributed by atoms with van der Waals surface area (Å²) in [6.45, 7) is 8.30. The van der Waals surface area contributed by atoms with Crippen molar-refractivity contribution in [3.05, 3.63) is 126 Å². The number of aromatic nitrogens is 2. The van der Waals surface area contributed by atoms with Gasteiger partial charge >= 0.3 is 0 Å². The van der Waals surface area contributed by atoms with E-state index in [2.05, 4.69) is 130 Å². The summed E-state index contributed by atoms with van der Waals surface area (Å²) in [6.07, 6.45) is 0. The maximum absolute atomic E-state index is 5.05. The first kappa shape index (κ1) is 23.7. The Kier molecular flexibility index (Phi) is 6.85. The highest BCUT2D eigenvalue weighted by atomic mass is 15.3. The summed E-state index contributed by atoms with van der Waals surface area (Å²) in [6, 6.07) is 39.5. The lowest BCUT2D eigenvalue weighted by Gasteiger charge is -2.39. The van der Waals surface area contributed by atoms with Crippen LogP contribution in [0.25, 0.3) is 22.4 Å². The molecule has 0 radical (unpaired) electrons. The third kappa shape index (κ3) is 4.95. The summed E-state index contributed by atoms with van der Waals surface area (Å²) in [5.74, 6) is 1.05. The molecule has 37 heavy (non-hydrogen) atoms. The van der Waals surface area contributed by atoms with Gasteiger partial charge in [0, 0.05) is 44.8 Å². The van der Waals surface area contributed by atoms with Gasteiger partial charge in [-0.2, -0.15) is 0 Å². The normalized spacial score (nSPS) is 15.0. The van der Waals surface area contributed by atoms with Gasteiger partial charge in [0.15, 0.2) is 0 Å². The molecule has 1 aliphatic heterocycles. The summed E-state index contributed by atoms with van der Waals surface area (Å²) in [7, 11) is 0. The Morgan fingerprint density at radius 3 is 1.89 bits per heavy atom. The quantitative estimate of drug-likeness (QED) is 0.258. The summed E-state index contributed by atoms with van der Waals surface area (Å²) >= 11 is 0. The Hall–Kier alpha value is -3.73. The second kappa shape index (κ2) is 10.7. The second-order valence-electron chi connectivity index (χ2n) is 9.90. The van der Waals surface area contributed by atoms with Crippen LogP contribution in [0.3, 0.4) is 0 Å². The molecule has 1 aliphatic rings. The monoisotopic (exact) mass is 486 g/mol.